The summed E-state index contributed by atoms with van der Waals surface area (Å²) in [6, 6.07) is 1.18. The van der Waals surface area contributed by atoms with E-state index in [2.05, 4.69) is 14.7 Å². The van der Waals surface area contributed by atoms with Crippen molar-refractivity contribution in [1.29, 1.82) is 0 Å². The van der Waals surface area contributed by atoms with Gasteiger partial charge in [-0.05, 0) is 51.1 Å². The molecular formula is C24H42N4O4. The van der Waals surface area contributed by atoms with E-state index >= 15 is 0 Å². The Hall–Kier alpha value is -1.38. The Bertz CT molecular complexity index is 633. The molecule has 4 aliphatic rings. The van der Waals surface area contributed by atoms with E-state index < -0.39 is 5.97 Å². The van der Waals surface area contributed by atoms with Crippen LogP contribution in [0.25, 0.3) is 0 Å². The van der Waals surface area contributed by atoms with Gasteiger partial charge in [-0.25, -0.2) is 4.79 Å². The van der Waals surface area contributed by atoms with Crippen LogP contribution in [0.5, 0.6) is 0 Å². The number of carboxylic acids is 1. The van der Waals surface area contributed by atoms with Crippen LogP contribution < -0.4 is 0 Å². The van der Waals surface area contributed by atoms with Crippen molar-refractivity contribution >= 4 is 12.1 Å². The lowest BCUT2D eigenvalue weighted by Crippen LogP contribution is -2.57. The van der Waals surface area contributed by atoms with Crippen LogP contribution >= 0.6 is 0 Å². The largest absolute Gasteiger partial charge is 0.481 e. The SMILES string of the molecule is CN1CC(N2CCN(CCC(=O)O)CC2CCCC2CCN(C3CCCC3)CC2)OC1=O. The second-order valence-corrected chi connectivity index (χ2v) is 10.4. The van der Waals surface area contributed by atoms with Crippen LogP contribution in [-0.2, 0) is 9.53 Å². The monoisotopic (exact) mass is 450 g/mol. The lowest BCUT2D eigenvalue weighted by atomic mass is 9.89. The highest BCUT2D eigenvalue weighted by atomic mass is 16.6. The number of rotatable bonds is 9. The summed E-state index contributed by atoms with van der Waals surface area (Å²) in [5, 5.41) is 9.06. The number of aliphatic carboxylic acids is 1. The van der Waals surface area contributed by atoms with Crippen LogP contribution in [-0.4, -0.2) is 108 Å². The van der Waals surface area contributed by atoms with E-state index in [9.17, 15) is 9.59 Å². The molecule has 0 bridgehead atoms. The maximum absolute atomic E-state index is 11.9. The van der Waals surface area contributed by atoms with E-state index in [1.54, 1.807) is 11.9 Å². The molecule has 3 heterocycles. The van der Waals surface area contributed by atoms with Crippen LogP contribution in [0, 0.1) is 5.92 Å². The van der Waals surface area contributed by atoms with E-state index in [1.807, 2.05) is 0 Å². The highest BCUT2D eigenvalue weighted by molar-refractivity contribution is 5.69. The molecule has 0 radical (unpaired) electrons. The number of carbonyl (C=O) groups excluding carboxylic acids is 1. The molecule has 0 aromatic carbocycles. The second-order valence-electron chi connectivity index (χ2n) is 10.4. The summed E-state index contributed by atoms with van der Waals surface area (Å²) < 4.78 is 5.63. The molecule has 3 saturated heterocycles. The molecule has 182 valence electrons. The maximum Gasteiger partial charge on any atom is 0.411 e. The Morgan fingerprint density at radius 1 is 1.03 bits per heavy atom. The zero-order valence-electron chi connectivity index (χ0n) is 19.8. The first-order chi connectivity index (χ1) is 15.5. The lowest BCUT2D eigenvalue weighted by Gasteiger charge is -2.43. The molecule has 1 amide bonds. The Balaban J connectivity index is 1.25. The molecule has 8 heteroatoms. The molecule has 1 N–H and O–H groups in total. The average Bonchev–Trinajstić information content (AvgIpc) is 3.43. The summed E-state index contributed by atoms with van der Waals surface area (Å²) in [6.45, 7) is 6.30. The van der Waals surface area contributed by atoms with E-state index in [-0.39, 0.29) is 18.7 Å². The molecule has 0 aromatic heterocycles. The van der Waals surface area contributed by atoms with Crippen LogP contribution in [0.4, 0.5) is 4.79 Å². The fourth-order valence-electron chi connectivity index (χ4n) is 6.27. The lowest BCUT2D eigenvalue weighted by molar-refractivity contribution is -0.137. The third kappa shape index (κ3) is 6.14. The van der Waals surface area contributed by atoms with Gasteiger partial charge in [0.05, 0.1) is 13.0 Å². The Morgan fingerprint density at radius 2 is 1.78 bits per heavy atom. The third-order valence-electron chi connectivity index (χ3n) is 8.24. The van der Waals surface area contributed by atoms with Crippen molar-refractivity contribution in [2.75, 3.05) is 52.9 Å². The van der Waals surface area contributed by atoms with Gasteiger partial charge in [-0.3, -0.25) is 14.6 Å². The van der Waals surface area contributed by atoms with Crippen molar-refractivity contribution in [3.63, 3.8) is 0 Å². The van der Waals surface area contributed by atoms with Crippen LogP contribution in [0.15, 0.2) is 0 Å². The first-order valence-corrected chi connectivity index (χ1v) is 12.9. The normalized spacial score (nSPS) is 29.7. The molecule has 4 fully saturated rings. The summed E-state index contributed by atoms with van der Waals surface area (Å²) in [5.41, 5.74) is 0. The second kappa shape index (κ2) is 11.2. The predicted octanol–water partition coefficient (Wildman–Crippen LogP) is 2.68. The maximum atomic E-state index is 11.9. The average molecular weight is 451 g/mol. The Morgan fingerprint density at radius 3 is 2.44 bits per heavy atom. The number of amides is 1. The molecule has 4 rings (SSSR count). The summed E-state index contributed by atoms with van der Waals surface area (Å²) in [4.78, 5) is 32.0. The predicted molar refractivity (Wildman–Crippen MR) is 122 cm³/mol. The highest BCUT2D eigenvalue weighted by Crippen LogP contribution is 2.30. The fraction of sp³-hybridized carbons (Fsp3) is 0.917. The van der Waals surface area contributed by atoms with Crippen LogP contribution in [0.2, 0.25) is 0 Å². The van der Waals surface area contributed by atoms with E-state index in [1.165, 1.54) is 64.5 Å². The molecule has 8 nitrogen and oxygen atoms in total. The molecule has 3 aliphatic heterocycles. The number of piperazine rings is 1. The van der Waals surface area contributed by atoms with Crippen molar-refractivity contribution in [3.8, 4) is 0 Å². The van der Waals surface area contributed by atoms with Crippen molar-refractivity contribution in [3.05, 3.63) is 0 Å². The third-order valence-corrected chi connectivity index (χ3v) is 8.24. The summed E-state index contributed by atoms with van der Waals surface area (Å²) >= 11 is 0. The molecule has 32 heavy (non-hydrogen) atoms. The molecule has 2 atom stereocenters. The van der Waals surface area contributed by atoms with Crippen molar-refractivity contribution in [2.24, 2.45) is 5.92 Å². The number of hydrogen-bond donors (Lipinski definition) is 1. The topological polar surface area (TPSA) is 76.6 Å². The van der Waals surface area contributed by atoms with E-state index in [4.69, 9.17) is 9.84 Å². The number of likely N-dealkylation sites (tertiary alicyclic amines) is 1. The molecular weight excluding hydrogens is 408 g/mol. The Labute approximate surface area is 192 Å². The van der Waals surface area contributed by atoms with E-state index in [0.29, 0.717) is 19.1 Å². The zero-order valence-corrected chi connectivity index (χ0v) is 19.8. The van der Waals surface area contributed by atoms with Gasteiger partial charge in [0.15, 0.2) is 6.23 Å². The number of cyclic esters (lactones) is 1. The number of nitrogens with zero attached hydrogens (tertiary/aromatic N) is 4. The number of carbonyl (C=O) groups is 2. The minimum absolute atomic E-state index is 0.172. The summed E-state index contributed by atoms with van der Waals surface area (Å²) in [7, 11) is 1.79. The number of carboxylic acid groups (broad SMARTS) is 1. The fourth-order valence-corrected chi connectivity index (χ4v) is 6.27. The standard InChI is InChI=1S/C24H42N4O4/c1-25-18-22(32-24(25)31)28-16-15-26(12-11-23(29)30)17-21(28)8-4-5-19-9-13-27(14-10-19)20-6-2-3-7-20/h19-22H,2-18H2,1H3,(H,29,30). The van der Waals surface area contributed by atoms with Gasteiger partial charge in [0.25, 0.3) is 0 Å². The number of likely N-dealkylation sites (N-methyl/N-ethyl adjacent to an activating group) is 1. The molecule has 1 aliphatic carbocycles. The van der Waals surface area contributed by atoms with Gasteiger partial charge in [0.2, 0.25) is 0 Å². The van der Waals surface area contributed by atoms with Crippen molar-refractivity contribution < 1.29 is 19.4 Å². The number of hydrogen-bond acceptors (Lipinski definition) is 6. The van der Waals surface area contributed by atoms with Gasteiger partial charge < -0.3 is 19.6 Å². The number of piperidine rings is 1. The molecule has 0 spiro atoms. The smallest absolute Gasteiger partial charge is 0.411 e. The minimum Gasteiger partial charge on any atom is -0.481 e. The quantitative estimate of drug-likeness (QED) is 0.579. The molecule has 0 aromatic rings. The zero-order chi connectivity index (χ0) is 22.5. The van der Waals surface area contributed by atoms with Crippen LogP contribution in [0.3, 0.4) is 0 Å². The van der Waals surface area contributed by atoms with Gasteiger partial charge in [0.1, 0.15) is 0 Å². The Kier molecular flexibility index (Phi) is 8.29. The van der Waals surface area contributed by atoms with E-state index in [0.717, 1.165) is 38.0 Å². The van der Waals surface area contributed by atoms with Gasteiger partial charge in [-0.1, -0.05) is 25.7 Å². The van der Waals surface area contributed by atoms with Gasteiger partial charge in [-0.15, -0.1) is 0 Å². The van der Waals surface area contributed by atoms with Crippen LogP contribution in [0.1, 0.15) is 64.2 Å². The van der Waals surface area contributed by atoms with Gasteiger partial charge in [-0.2, -0.15) is 0 Å². The molecule has 1 saturated carbocycles. The highest BCUT2D eigenvalue weighted by Gasteiger charge is 2.39. The minimum atomic E-state index is -0.737. The van der Waals surface area contributed by atoms with Crippen molar-refractivity contribution in [2.45, 2.75) is 82.5 Å². The first kappa shape index (κ1) is 23.8. The first-order valence-electron chi connectivity index (χ1n) is 12.9. The van der Waals surface area contributed by atoms with Gasteiger partial charge in [0, 0.05) is 45.3 Å². The van der Waals surface area contributed by atoms with Crippen molar-refractivity contribution in [1.82, 2.24) is 19.6 Å². The summed E-state index contributed by atoms with van der Waals surface area (Å²) in [5.74, 6) is 0.0996. The van der Waals surface area contributed by atoms with Gasteiger partial charge >= 0.3 is 12.1 Å². The summed E-state index contributed by atoms with van der Waals surface area (Å²) in [6.07, 6.45) is 11.6. The molecule has 2 unspecified atom stereocenters. The number of ether oxygens (including phenoxy) is 1.